The van der Waals surface area contributed by atoms with Gasteiger partial charge in [-0.05, 0) is 72.3 Å². The van der Waals surface area contributed by atoms with Crippen LogP contribution < -0.4 is 0 Å². The van der Waals surface area contributed by atoms with Gasteiger partial charge < -0.3 is 9.13 Å². The summed E-state index contributed by atoms with van der Waals surface area (Å²) in [6, 6.07) is 62.9. The van der Waals surface area contributed by atoms with Gasteiger partial charge in [-0.1, -0.05) is 103 Å². The highest BCUT2D eigenvalue weighted by Crippen LogP contribution is 2.44. The lowest BCUT2D eigenvalue weighted by molar-refractivity contribution is 1.17. The molecule has 0 saturated carbocycles. The van der Waals surface area contributed by atoms with Crippen LogP contribution in [-0.2, 0) is 0 Å². The van der Waals surface area contributed by atoms with Crippen LogP contribution in [0, 0.1) is 0 Å². The third-order valence-electron chi connectivity index (χ3n) is 10.9. The molecular formula is C48H28N2S2. The second-order valence-electron chi connectivity index (χ2n) is 13.7. The fourth-order valence-electron chi connectivity index (χ4n) is 8.64. The molecule has 0 aliphatic rings. The maximum Gasteiger partial charge on any atom is 0.0548 e. The van der Waals surface area contributed by atoms with Crippen LogP contribution in [0.1, 0.15) is 0 Å². The van der Waals surface area contributed by atoms with E-state index in [0.717, 1.165) is 5.69 Å². The number of para-hydroxylation sites is 3. The molecule has 0 N–H and O–H groups in total. The molecule has 4 heterocycles. The van der Waals surface area contributed by atoms with Gasteiger partial charge in [-0.2, -0.15) is 0 Å². The summed E-state index contributed by atoms with van der Waals surface area (Å²) in [4.78, 5) is 0. The SMILES string of the molecule is c1cc(-c2ccccc2-n2c3ccccc3c3cc4sc5ccccc5c4cc32)cc(-n2c3ccccc3c3cc4sc5ccccc5c4cc32)c1. The third kappa shape index (κ3) is 3.93. The summed E-state index contributed by atoms with van der Waals surface area (Å²) in [6.45, 7) is 0. The van der Waals surface area contributed by atoms with Crippen LogP contribution in [0.5, 0.6) is 0 Å². The van der Waals surface area contributed by atoms with Crippen LogP contribution in [0.2, 0.25) is 0 Å². The molecule has 12 rings (SSSR count). The molecule has 2 nitrogen and oxygen atoms in total. The topological polar surface area (TPSA) is 9.86 Å². The largest absolute Gasteiger partial charge is 0.309 e. The Morgan fingerprint density at radius 2 is 0.827 bits per heavy atom. The molecule has 8 aromatic carbocycles. The van der Waals surface area contributed by atoms with Gasteiger partial charge in [0.2, 0.25) is 0 Å². The van der Waals surface area contributed by atoms with Crippen LogP contribution in [0.3, 0.4) is 0 Å². The molecule has 0 aliphatic carbocycles. The van der Waals surface area contributed by atoms with Crippen molar-refractivity contribution in [1.82, 2.24) is 9.13 Å². The molecule has 0 bridgehead atoms. The molecule has 0 saturated heterocycles. The van der Waals surface area contributed by atoms with Gasteiger partial charge in [-0.25, -0.2) is 0 Å². The van der Waals surface area contributed by atoms with Gasteiger partial charge in [-0.15, -0.1) is 22.7 Å². The number of thiophene rings is 2. The Kier molecular flexibility index (Phi) is 5.84. The quantitative estimate of drug-likeness (QED) is 0.174. The van der Waals surface area contributed by atoms with E-state index in [9.17, 15) is 0 Å². The zero-order chi connectivity index (χ0) is 33.9. The van der Waals surface area contributed by atoms with E-state index in [1.165, 1.54) is 101 Å². The number of rotatable bonds is 3. The molecule has 0 atom stereocenters. The van der Waals surface area contributed by atoms with Gasteiger partial charge in [0, 0.05) is 73.1 Å². The molecule has 0 unspecified atom stereocenters. The highest BCUT2D eigenvalue weighted by atomic mass is 32.1. The molecule has 0 fully saturated rings. The van der Waals surface area contributed by atoms with Gasteiger partial charge in [0.1, 0.15) is 0 Å². The van der Waals surface area contributed by atoms with Crippen molar-refractivity contribution >= 4 is 107 Å². The van der Waals surface area contributed by atoms with E-state index in [1.807, 2.05) is 22.7 Å². The highest BCUT2D eigenvalue weighted by molar-refractivity contribution is 7.26. The molecule has 4 aromatic heterocycles. The second kappa shape index (κ2) is 10.7. The second-order valence-corrected chi connectivity index (χ2v) is 15.9. The molecule has 52 heavy (non-hydrogen) atoms. The minimum absolute atomic E-state index is 1.16. The lowest BCUT2D eigenvalue weighted by Crippen LogP contribution is -1.98. The molecule has 0 amide bonds. The van der Waals surface area contributed by atoms with Crippen molar-refractivity contribution in [3.05, 3.63) is 170 Å². The smallest absolute Gasteiger partial charge is 0.0548 e. The first kappa shape index (κ1) is 28.5. The fourth-order valence-corrected chi connectivity index (χ4v) is 10.9. The van der Waals surface area contributed by atoms with E-state index in [2.05, 4.69) is 179 Å². The van der Waals surface area contributed by atoms with Gasteiger partial charge >= 0.3 is 0 Å². The predicted molar refractivity (Wildman–Crippen MR) is 226 cm³/mol. The fraction of sp³-hybridized carbons (Fsp3) is 0. The van der Waals surface area contributed by atoms with Crippen LogP contribution in [0.15, 0.2) is 170 Å². The molecule has 12 aromatic rings. The Balaban J connectivity index is 1.11. The number of hydrogen-bond donors (Lipinski definition) is 0. The number of fused-ring (bicyclic) bond motifs is 12. The van der Waals surface area contributed by atoms with Crippen molar-refractivity contribution in [2.45, 2.75) is 0 Å². The van der Waals surface area contributed by atoms with Gasteiger partial charge in [-0.3, -0.25) is 0 Å². The van der Waals surface area contributed by atoms with Crippen molar-refractivity contribution in [2.75, 3.05) is 0 Å². The van der Waals surface area contributed by atoms with E-state index in [4.69, 9.17) is 0 Å². The Labute approximate surface area is 306 Å². The Morgan fingerprint density at radius 3 is 1.48 bits per heavy atom. The van der Waals surface area contributed by atoms with Crippen molar-refractivity contribution < 1.29 is 0 Å². The molecule has 4 heteroatoms. The lowest BCUT2D eigenvalue weighted by atomic mass is 10.0. The molecule has 242 valence electrons. The minimum atomic E-state index is 1.16. The summed E-state index contributed by atoms with van der Waals surface area (Å²) in [5.41, 5.74) is 9.64. The Hall–Kier alpha value is -6.20. The van der Waals surface area contributed by atoms with Crippen molar-refractivity contribution in [2.24, 2.45) is 0 Å². The molecule has 0 spiro atoms. The minimum Gasteiger partial charge on any atom is -0.309 e. The average molecular weight is 697 g/mol. The van der Waals surface area contributed by atoms with E-state index < -0.39 is 0 Å². The van der Waals surface area contributed by atoms with Gasteiger partial charge in [0.15, 0.2) is 0 Å². The van der Waals surface area contributed by atoms with Crippen LogP contribution in [0.4, 0.5) is 0 Å². The van der Waals surface area contributed by atoms with Gasteiger partial charge in [0.25, 0.3) is 0 Å². The first-order chi connectivity index (χ1) is 25.8. The van der Waals surface area contributed by atoms with Crippen LogP contribution >= 0.6 is 22.7 Å². The summed E-state index contributed by atoms with van der Waals surface area (Å²) >= 11 is 3.76. The number of hydrogen-bond acceptors (Lipinski definition) is 2. The number of aromatic nitrogens is 2. The first-order valence-corrected chi connectivity index (χ1v) is 19.3. The summed E-state index contributed by atoms with van der Waals surface area (Å²) < 4.78 is 10.3. The Morgan fingerprint density at radius 1 is 0.308 bits per heavy atom. The maximum atomic E-state index is 2.48. The van der Waals surface area contributed by atoms with E-state index in [1.54, 1.807) is 0 Å². The van der Waals surface area contributed by atoms with E-state index >= 15 is 0 Å². The number of benzene rings is 8. The van der Waals surface area contributed by atoms with Crippen molar-refractivity contribution in [1.29, 1.82) is 0 Å². The normalized spacial score (nSPS) is 12.2. The Bertz CT molecular complexity index is 3420. The van der Waals surface area contributed by atoms with E-state index in [0.29, 0.717) is 0 Å². The average Bonchev–Trinajstić information content (AvgIpc) is 3.93. The zero-order valence-electron chi connectivity index (χ0n) is 27.9. The molecule has 0 radical (unpaired) electrons. The third-order valence-corrected chi connectivity index (χ3v) is 13.2. The highest BCUT2D eigenvalue weighted by Gasteiger charge is 2.19. The summed E-state index contributed by atoms with van der Waals surface area (Å²) in [5, 5.41) is 10.4. The summed E-state index contributed by atoms with van der Waals surface area (Å²) in [7, 11) is 0. The summed E-state index contributed by atoms with van der Waals surface area (Å²) in [5.74, 6) is 0. The monoisotopic (exact) mass is 696 g/mol. The van der Waals surface area contributed by atoms with Crippen molar-refractivity contribution in [3.8, 4) is 22.5 Å². The maximum absolute atomic E-state index is 2.48. The standard InChI is InChI=1S/C48H28N2S2/c1-6-19-40(50-42-21-8-3-16-33(42)37-28-48-39(26-44(37)50)35-18-5-10-23-46(35)52-48)31(14-1)29-12-11-13-30(24-29)49-41-20-7-2-15-32(41)36-27-47-38(25-43(36)49)34-17-4-9-22-45(34)51-47/h1-28H. The zero-order valence-corrected chi connectivity index (χ0v) is 29.5. The van der Waals surface area contributed by atoms with Crippen LogP contribution in [0.25, 0.3) is 106 Å². The lowest BCUT2D eigenvalue weighted by Gasteiger charge is -2.16. The van der Waals surface area contributed by atoms with Crippen LogP contribution in [-0.4, -0.2) is 9.13 Å². The summed E-state index contributed by atoms with van der Waals surface area (Å²) in [6.07, 6.45) is 0. The number of nitrogens with zero attached hydrogens (tertiary/aromatic N) is 2. The predicted octanol–water partition coefficient (Wildman–Crippen LogP) is 14.3. The molecule has 0 aliphatic heterocycles. The molecular weight excluding hydrogens is 669 g/mol. The van der Waals surface area contributed by atoms with Gasteiger partial charge in [0.05, 0.1) is 27.8 Å². The van der Waals surface area contributed by atoms with E-state index in [-0.39, 0.29) is 0 Å². The first-order valence-electron chi connectivity index (χ1n) is 17.7. The van der Waals surface area contributed by atoms with Crippen molar-refractivity contribution in [3.63, 3.8) is 0 Å².